The number of carbonyl (C=O) groups excluding carboxylic acids is 2. The number of carbonyl (C=O) groups is 2. The Morgan fingerprint density at radius 1 is 1.15 bits per heavy atom. The van der Waals surface area contributed by atoms with E-state index in [0.717, 1.165) is 6.26 Å². The fourth-order valence-electron chi connectivity index (χ4n) is 2.26. The van der Waals surface area contributed by atoms with Crippen LogP contribution < -0.4 is 10.0 Å². The lowest BCUT2D eigenvalue weighted by Crippen LogP contribution is -2.31. The van der Waals surface area contributed by atoms with Crippen molar-refractivity contribution in [3.8, 4) is 0 Å². The Bertz CT molecular complexity index is 929. The summed E-state index contributed by atoms with van der Waals surface area (Å²) in [5.74, 6) is -1.67. The number of amides is 1. The van der Waals surface area contributed by atoms with Gasteiger partial charge in [0.15, 0.2) is 6.61 Å². The van der Waals surface area contributed by atoms with Crippen molar-refractivity contribution in [1.82, 2.24) is 5.32 Å². The van der Waals surface area contributed by atoms with E-state index in [1.165, 1.54) is 36.4 Å². The van der Waals surface area contributed by atoms with Gasteiger partial charge in [0, 0.05) is 5.69 Å². The SMILES string of the molecule is CC(NC(=O)COC(=O)c1cccc(NS(C)(=O)=O)c1)c1ccc(F)cc1. The number of esters is 1. The van der Waals surface area contributed by atoms with E-state index in [9.17, 15) is 22.4 Å². The average molecular weight is 394 g/mol. The molecule has 1 atom stereocenters. The number of rotatable bonds is 7. The van der Waals surface area contributed by atoms with Crippen LogP contribution in [0.15, 0.2) is 48.5 Å². The molecule has 0 spiro atoms. The van der Waals surface area contributed by atoms with Crippen LogP contribution in [0.5, 0.6) is 0 Å². The normalized spacial score (nSPS) is 12.1. The molecular weight excluding hydrogens is 375 g/mol. The second-order valence-corrected chi connectivity index (χ2v) is 7.62. The molecule has 0 bridgehead atoms. The third-order valence-corrected chi connectivity index (χ3v) is 4.09. The van der Waals surface area contributed by atoms with Crippen LogP contribution in [0.4, 0.5) is 10.1 Å². The second kappa shape index (κ2) is 8.63. The van der Waals surface area contributed by atoms with Gasteiger partial charge in [-0.2, -0.15) is 0 Å². The Balaban J connectivity index is 1.90. The summed E-state index contributed by atoms with van der Waals surface area (Å²) in [6.07, 6.45) is 0.991. The summed E-state index contributed by atoms with van der Waals surface area (Å²) in [6.45, 7) is 1.21. The fraction of sp³-hybridized carbons (Fsp3) is 0.222. The lowest BCUT2D eigenvalue weighted by molar-refractivity contribution is -0.124. The number of hydrogen-bond acceptors (Lipinski definition) is 5. The monoisotopic (exact) mass is 394 g/mol. The molecule has 144 valence electrons. The molecule has 0 saturated heterocycles. The number of sulfonamides is 1. The van der Waals surface area contributed by atoms with Crippen LogP contribution in [-0.4, -0.2) is 33.2 Å². The highest BCUT2D eigenvalue weighted by atomic mass is 32.2. The van der Waals surface area contributed by atoms with Gasteiger partial charge in [-0.25, -0.2) is 17.6 Å². The Hall–Kier alpha value is -2.94. The van der Waals surface area contributed by atoms with E-state index in [2.05, 4.69) is 10.0 Å². The van der Waals surface area contributed by atoms with Crippen molar-refractivity contribution in [2.45, 2.75) is 13.0 Å². The Kier molecular flexibility index (Phi) is 6.51. The lowest BCUT2D eigenvalue weighted by atomic mass is 10.1. The molecule has 0 aliphatic rings. The van der Waals surface area contributed by atoms with Crippen molar-refractivity contribution in [1.29, 1.82) is 0 Å². The van der Waals surface area contributed by atoms with Crippen LogP contribution in [0.25, 0.3) is 0 Å². The molecule has 1 amide bonds. The van der Waals surface area contributed by atoms with Crippen molar-refractivity contribution in [3.05, 3.63) is 65.5 Å². The van der Waals surface area contributed by atoms with Crippen LogP contribution in [0.1, 0.15) is 28.9 Å². The first-order valence-electron chi connectivity index (χ1n) is 7.94. The summed E-state index contributed by atoms with van der Waals surface area (Å²) in [7, 11) is -3.48. The molecule has 2 aromatic rings. The zero-order chi connectivity index (χ0) is 20.0. The molecule has 2 N–H and O–H groups in total. The summed E-state index contributed by atoms with van der Waals surface area (Å²) >= 11 is 0. The van der Waals surface area contributed by atoms with Gasteiger partial charge in [-0.05, 0) is 42.8 Å². The average Bonchev–Trinajstić information content (AvgIpc) is 2.59. The topological polar surface area (TPSA) is 102 Å². The summed E-state index contributed by atoms with van der Waals surface area (Å²) in [5, 5.41) is 2.63. The Morgan fingerprint density at radius 2 is 1.81 bits per heavy atom. The van der Waals surface area contributed by atoms with Gasteiger partial charge in [-0.3, -0.25) is 9.52 Å². The third kappa shape index (κ3) is 6.70. The van der Waals surface area contributed by atoms with E-state index in [0.29, 0.717) is 5.56 Å². The number of hydrogen-bond donors (Lipinski definition) is 2. The number of nitrogens with one attached hydrogen (secondary N) is 2. The molecule has 9 heteroatoms. The largest absolute Gasteiger partial charge is 0.452 e. The first kappa shape index (κ1) is 20.4. The van der Waals surface area contributed by atoms with Gasteiger partial charge in [0.1, 0.15) is 5.82 Å². The molecule has 0 radical (unpaired) electrons. The van der Waals surface area contributed by atoms with Gasteiger partial charge < -0.3 is 10.1 Å². The third-order valence-electron chi connectivity index (χ3n) is 3.48. The van der Waals surface area contributed by atoms with Crippen molar-refractivity contribution in [2.75, 3.05) is 17.6 Å². The molecule has 2 rings (SSSR count). The van der Waals surface area contributed by atoms with E-state index in [1.807, 2.05) is 0 Å². The number of ether oxygens (including phenoxy) is 1. The van der Waals surface area contributed by atoms with Gasteiger partial charge in [0.25, 0.3) is 5.91 Å². The second-order valence-electron chi connectivity index (χ2n) is 5.87. The zero-order valence-electron chi connectivity index (χ0n) is 14.7. The van der Waals surface area contributed by atoms with E-state index in [-0.39, 0.29) is 23.1 Å². The standard InChI is InChI=1S/C18H19FN2O5S/c1-12(13-6-8-15(19)9-7-13)20-17(22)11-26-18(23)14-4-3-5-16(10-14)21-27(2,24)25/h3-10,12,21H,11H2,1-2H3,(H,20,22). The molecule has 0 aliphatic carbocycles. The first-order chi connectivity index (χ1) is 12.6. The molecule has 2 aromatic carbocycles. The van der Waals surface area contributed by atoms with Crippen molar-refractivity contribution in [2.24, 2.45) is 0 Å². The lowest BCUT2D eigenvalue weighted by Gasteiger charge is -2.14. The molecule has 27 heavy (non-hydrogen) atoms. The van der Waals surface area contributed by atoms with Gasteiger partial charge in [0.2, 0.25) is 10.0 Å². The van der Waals surface area contributed by atoms with Gasteiger partial charge in [-0.15, -0.1) is 0 Å². The summed E-state index contributed by atoms with van der Waals surface area (Å²) in [4.78, 5) is 24.0. The molecule has 0 saturated carbocycles. The van der Waals surface area contributed by atoms with Crippen LogP contribution in [0, 0.1) is 5.82 Å². The van der Waals surface area contributed by atoms with Crippen LogP contribution in [0.3, 0.4) is 0 Å². The van der Waals surface area contributed by atoms with Gasteiger partial charge in [-0.1, -0.05) is 18.2 Å². The molecule has 7 nitrogen and oxygen atoms in total. The maximum Gasteiger partial charge on any atom is 0.338 e. The Labute approximate surface area is 156 Å². The van der Waals surface area contributed by atoms with E-state index < -0.39 is 28.5 Å². The number of benzene rings is 2. The predicted octanol–water partition coefficient (Wildman–Crippen LogP) is 2.23. The number of anilines is 1. The molecule has 0 heterocycles. The smallest absolute Gasteiger partial charge is 0.338 e. The summed E-state index contributed by atoms with van der Waals surface area (Å²) in [6, 6.07) is 11.0. The fourth-order valence-corrected chi connectivity index (χ4v) is 2.81. The predicted molar refractivity (Wildman–Crippen MR) is 98.1 cm³/mol. The van der Waals surface area contributed by atoms with E-state index >= 15 is 0 Å². The van der Waals surface area contributed by atoms with Crippen LogP contribution in [0.2, 0.25) is 0 Å². The summed E-state index contributed by atoms with van der Waals surface area (Å²) < 4.78 is 42.6. The van der Waals surface area contributed by atoms with Crippen LogP contribution in [-0.2, 0) is 19.6 Å². The highest BCUT2D eigenvalue weighted by Gasteiger charge is 2.14. The molecular formula is C18H19FN2O5S. The van der Waals surface area contributed by atoms with Gasteiger partial charge in [0.05, 0.1) is 17.9 Å². The quantitative estimate of drug-likeness (QED) is 0.702. The minimum absolute atomic E-state index is 0.100. The van der Waals surface area contributed by atoms with E-state index in [1.54, 1.807) is 19.1 Å². The summed E-state index contributed by atoms with van der Waals surface area (Å²) in [5.41, 5.74) is 1.01. The molecule has 0 aromatic heterocycles. The highest BCUT2D eigenvalue weighted by molar-refractivity contribution is 7.92. The molecule has 0 aliphatic heterocycles. The van der Waals surface area contributed by atoms with E-state index in [4.69, 9.17) is 4.74 Å². The number of halogens is 1. The minimum atomic E-state index is -3.48. The van der Waals surface area contributed by atoms with Crippen molar-refractivity contribution < 1.29 is 27.1 Å². The zero-order valence-corrected chi connectivity index (χ0v) is 15.5. The Morgan fingerprint density at radius 3 is 2.44 bits per heavy atom. The molecule has 1 unspecified atom stereocenters. The maximum absolute atomic E-state index is 12.9. The first-order valence-corrected chi connectivity index (χ1v) is 9.83. The maximum atomic E-state index is 12.9. The highest BCUT2D eigenvalue weighted by Crippen LogP contribution is 2.14. The molecule has 0 fully saturated rings. The van der Waals surface area contributed by atoms with Gasteiger partial charge >= 0.3 is 5.97 Å². The minimum Gasteiger partial charge on any atom is -0.452 e. The van der Waals surface area contributed by atoms with Crippen molar-refractivity contribution >= 4 is 27.6 Å². The van der Waals surface area contributed by atoms with Crippen LogP contribution >= 0.6 is 0 Å². The van der Waals surface area contributed by atoms with Crippen molar-refractivity contribution in [3.63, 3.8) is 0 Å².